The summed E-state index contributed by atoms with van der Waals surface area (Å²) < 4.78 is 11.9. The summed E-state index contributed by atoms with van der Waals surface area (Å²) in [6, 6.07) is 15.8. The standard InChI is InChI=1S/C25H32N2O3/c1-18(2)13-15-30-20-9-6-8-19(16-20)25(3)26-23-12-5-4-11-22(23)24(28)27(25)17-21-10-7-14-29-21/h4-6,8-9,11-12,16,18,21,26H,7,10,13-15,17H2,1-3H3. The second kappa shape index (κ2) is 8.68. The Morgan fingerprint density at radius 3 is 2.83 bits per heavy atom. The smallest absolute Gasteiger partial charge is 0.258 e. The lowest BCUT2D eigenvalue weighted by molar-refractivity contribution is 0.0242. The Bertz CT molecular complexity index is 891. The predicted octanol–water partition coefficient (Wildman–Crippen LogP) is 5.03. The monoisotopic (exact) mass is 408 g/mol. The molecular formula is C25H32N2O3. The Morgan fingerprint density at radius 2 is 2.07 bits per heavy atom. The molecule has 2 aromatic carbocycles. The summed E-state index contributed by atoms with van der Waals surface area (Å²) in [5.41, 5.74) is 1.89. The molecule has 2 heterocycles. The molecule has 0 spiro atoms. The fourth-order valence-electron chi connectivity index (χ4n) is 4.24. The van der Waals surface area contributed by atoms with Gasteiger partial charge in [0.25, 0.3) is 5.91 Å². The number of nitrogens with one attached hydrogen (secondary N) is 1. The van der Waals surface area contributed by atoms with Gasteiger partial charge in [-0.05, 0) is 56.4 Å². The number of rotatable bonds is 7. The molecule has 30 heavy (non-hydrogen) atoms. The van der Waals surface area contributed by atoms with Crippen LogP contribution in [0.15, 0.2) is 48.5 Å². The number of hydrogen-bond acceptors (Lipinski definition) is 4. The summed E-state index contributed by atoms with van der Waals surface area (Å²) in [7, 11) is 0. The largest absolute Gasteiger partial charge is 0.494 e. The molecule has 2 atom stereocenters. The number of ether oxygens (including phenoxy) is 2. The summed E-state index contributed by atoms with van der Waals surface area (Å²) in [5.74, 6) is 1.47. The average molecular weight is 409 g/mol. The number of hydrogen-bond donors (Lipinski definition) is 1. The van der Waals surface area contributed by atoms with Gasteiger partial charge in [-0.2, -0.15) is 0 Å². The third-order valence-electron chi connectivity index (χ3n) is 6.09. The third-order valence-corrected chi connectivity index (χ3v) is 6.09. The zero-order chi connectivity index (χ0) is 21.1. The normalized spacial score (nSPS) is 23.4. The van der Waals surface area contributed by atoms with Crippen LogP contribution in [0.3, 0.4) is 0 Å². The molecule has 2 aliphatic heterocycles. The molecular weight excluding hydrogens is 376 g/mol. The van der Waals surface area contributed by atoms with Crippen molar-refractivity contribution in [1.29, 1.82) is 0 Å². The van der Waals surface area contributed by atoms with E-state index in [2.05, 4.69) is 38.2 Å². The number of carbonyl (C=O) groups is 1. The van der Waals surface area contributed by atoms with Crippen molar-refractivity contribution in [3.8, 4) is 5.75 Å². The van der Waals surface area contributed by atoms with E-state index in [0.29, 0.717) is 24.6 Å². The topological polar surface area (TPSA) is 50.8 Å². The summed E-state index contributed by atoms with van der Waals surface area (Å²) >= 11 is 0. The highest BCUT2D eigenvalue weighted by Crippen LogP contribution is 2.39. The number of anilines is 1. The van der Waals surface area contributed by atoms with Gasteiger partial charge in [-0.25, -0.2) is 0 Å². The van der Waals surface area contributed by atoms with Crippen molar-refractivity contribution >= 4 is 11.6 Å². The highest BCUT2D eigenvalue weighted by molar-refractivity contribution is 6.02. The Kier molecular flexibility index (Phi) is 6.00. The van der Waals surface area contributed by atoms with Crippen LogP contribution in [-0.2, 0) is 10.4 Å². The van der Waals surface area contributed by atoms with E-state index < -0.39 is 5.66 Å². The van der Waals surface area contributed by atoms with Gasteiger partial charge in [-0.3, -0.25) is 4.79 Å². The first kappa shape index (κ1) is 20.7. The summed E-state index contributed by atoms with van der Waals surface area (Å²) in [4.78, 5) is 15.5. The first-order valence-corrected chi connectivity index (χ1v) is 11.0. The van der Waals surface area contributed by atoms with Crippen LogP contribution in [0.2, 0.25) is 0 Å². The highest BCUT2D eigenvalue weighted by atomic mass is 16.5. The van der Waals surface area contributed by atoms with Gasteiger partial charge in [0.15, 0.2) is 0 Å². The van der Waals surface area contributed by atoms with Crippen LogP contribution >= 0.6 is 0 Å². The van der Waals surface area contributed by atoms with Crippen LogP contribution in [0.4, 0.5) is 5.69 Å². The lowest BCUT2D eigenvalue weighted by Crippen LogP contribution is -2.57. The van der Waals surface area contributed by atoms with Gasteiger partial charge >= 0.3 is 0 Å². The molecule has 1 fully saturated rings. The quantitative estimate of drug-likeness (QED) is 0.698. The zero-order valence-corrected chi connectivity index (χ0v) is 18.2. The van der Waals surface area contributed by atoms with E-state index >= 15 is 0 Å². The molecule has 0 saturated carbocycles. The molecule has 5 heteroatoms. The molecule has 160 valence electrons. The Labute approximate surface area is 179 Å². The van der Waals surface area contributed by atoms with Crippen LogP contribution in [-0.4, -0.2) is 36.7 Å². The molecule has 0 radical (unpaired) electrons. The number of benzene rings is 2. The summed E-state index contributed by atoms with van der Waals surface area (Å²) in [6.45, 7) is 8.48. The molecule has 1 amide bonds. The van der Waals surface area contributed by atoms with Crippen molar-refractivity contribution in [2.45, 2.75) is 51.8 Å². The predicted molar refractivity (Wildman–Crippen MR) is 119 cm³/mol. The molecule has 1 N–H and O–H groups in total. The van der Waals surface area contributed by atoms with E-state index in [9.17, 15) is 4.79 Å². The number of amides is 1. The minimum Gasteiger partial charge on any atom is -0.494 e. The fraction of sp³-hybridized carbons (Fsp3) is 0.480. The molecule has 5 nitrogen and oxygen atoms in total. The molecule has 0 aliphatic carbocycles. The Hall–Kier alpha value is -2.53. The lowest BCUT2D eigenvalue weighted by atomic mass is 9.92. The van der Waals surface area contributed by atoms with Gasteiger partial charge in [0.1, 0.15) is 11.4 Å². The van der Waals surface area contributed by atoms with Crippen molar-refractivity contribution < 1.29 is 14.3 Å². The van der Waals surface area contributed by atoms with E-state index in [1.165, 1.54) is 0 Å². The molecule has 4 rings (SSSR count). The van der Waals surface area contributed by atoms with Crippen molar-refractivity contribution in [2.24, 2.45) is 5.92 Å². The van der Waals surface area contributed by atoms with E-state index in [1.54, 1.807) is 0 Å². The van der Waals surface area contributed by atoms with Crippen molar-refractivity contribution in [2.75, 3.05) is 25.1 Å². The van der Waals surface area contributed by atoms with Crippen LogP contribution in [0.5, 0.6) is 5.75 Å². The Balaban J connectivity index is 1.66. The highest BCUT2D eigenvalue weighted by Gasteiger charge is 2.43. The first-order chi connectivity index (χ1) is 14.5. The Morgan fingerprint density at radius 1 is 1.23 bits per heavy atom. The van der Waals surface area contributed by atoms with Crippen LogP contribution in [0, 0.1) is 5.92 Å². The molecule has 2 aromatic rings. The molecule has 1 saturated heterocycles. The van der Waals surface area contributed by atoms with Gasteiger partial charge in [0.2, 0.25) is 0 Å². The second-order valence-electron chi connectivity index (χ2n) is 8.85. The second-order valence-corrected chi connectivity index (χ2v) is 8.85. The van der Waals surface area contributed by atoms with Crippen LogP contribution in [0.1, 0.15) is 56.0 Å². The first-order valence-electron chi connectivity index (χ1n) is 11.0. The van der Waals surface area contributed by atoms with Crippen molar-refractivity contribution in [1.82, 2.24) is 4.90 Å². The van der Waals surface area contributed by atoms with Crippen molar-refractivity contribution in [3.63, 3.8) is 0 Å². The summed E-state index contributed by atoms with van der Waals surface area (Å²) in [5, 5.41) is 3.64. The minimum absolute atomic E-state index is 0.0356. The van der Waals surface area contributed by atoms with Crippen molar-refractivity contribution in [3.05, 3.63) is 59.7 Å². The fourth-order valence-corrected chi connectivity index (χ4v) is 4.24. The van der Waals surface area contributed by atoms with Crippen LogP contribution in [0.25, 0.3) is 0 Å². The average Bonchev–Trinajstić information content (AvgIpc) is 3.24. The molecule has 0 aromatic heterocycles. The number of nitrogens with zero attached hydrogens (tertiary/aromatic N) is 1. The maximum Gasteiger partial charge on any atom is 0.258 e. The summed E-state index contributed by atoms with van der Waals surface area (Å²) in [6.07, 6.45) is 3.12. The molecule has 2 aliphatic rings. The number of para-hydroxylation sites is 1. The van der Waals surface area contributed by atoms with Gasteiger partial charge < -0.3 is 19.7 Å². The van der Waals surface area contributed by atoms with Gasteiger partial charge in [0.05, 0.1) is 18.3 Å². The minimum atomic E-state index is -0.686. The van der Waals surface area contributed by atoms with E-state index in [0.717, 1.165) is 42.9 Å². The lowest BCUT2D eigenvalue weighted by Gasteiger charge is -2.47. The van der Waals surface area contributed by atoms with Gasteiger partial charge in [-0.1, -0.05) is 38.1 Å². The van der Waals surface area contributed by atoms with Crippen LogP contribution < -0.4 is 10.1 Å². The SMILES string of the molecule is CC(C)CCOc1cccc(C2(C)Nc3ccccc3C(=O)N2CC2CCCO2)c1. The maximum absolute atomic E-state index is 13.5. The van der Waals surface area contributed by atoms with Gasteiger partial charge in [0, 0.05) is 24.4 Å². The molecule has 0 bridgehead atoms. The number of carbonyl (C=O) groups excluding carboxylic acids is 1. The maximum atomic E-state index is 13.5. The third kappa shape index (κ3) is 4.17. The zero-order valence-electron chi connectivity index (χ0n) is 18.2. The van der Waals surface area contributed by atoms with E-state index in [-0.39, 0.29) is 12.0 Å². The van der Waals surface area contributed by atoms with E-state index in [1.807, 2.05) is 41.3 Å². The number of fused-ring (bicyclic) bond motifs is 1. The van der Waals surface area contributed by atoms with E-state index in [4.69, 9.17) is 9.47 Å². The molecule has 2 unspecified atom stereocenters. The van der Waals surface area contributed by atoms with Gasteiger partial charge in [-0.15, -0.1) is 0 Å².